The summed E-state index contributed by atoms with van der Waals surface area (Å²) in [7, 11) is 0. The Hall–Kier alpha value is -4.02. The Balaban J connectivity index is 1.44. The van der Waals surface area contributed by atoms with E-state index in [9.17, 15) is 27.6 Å². The van der Waals surface area contributed by atoms with Crippen LogP contribution in [0.4, 0.5) is 13.2 Å². The van der Waals surface area contributed by atoms with Gasteiger partial charge in [-0.15, -0.1) is 5.10 Å². The van der Waals surface area contributed by atoms with Crippen LogP contribution in [0.15, 0.2) is 48.7 Å². The molecule has 1 fully saturated rings. The maximum atomic E-state index is 13.0. The summed E-state index contributed by atoms with van der Waals surface area (Å²) in [6.07, 6.45) is -2.46. The van der Waals surface area contributed by atoms with Crippen molar-refractivity contribution >= 4 is 17.7 Å². The van der Waals surface area contributed by atoms with E-state index in [-0.39, 0.29) is 31.2 Å². The number of fused-ring (bicyclic) bond motifs is 1. The second-order valence-corrected chi connectivity index (χ2v) is 7.83. The minimum Gasteiger partial charge on any atom is -0.322 e. The highest BCUT2D eigenvalue weighted by Gasteiger charge is 2.40. The molecular formula is C22H16F3N5O3. The fraction of sp³-hybridized carbons (Fsp3) is 0.227. The Morgan fingerprint density at radius 1 is 1.03 bits per heavy atom. The van der Waals surface area contributed by atoms with Crippen molar-refractivity contribution in [1.82, 2.24) is 25.2 Å². The van der Waals surface area contributed by atoms with Crippen molar-refractivity contribution in [3.63, 3.8) is 0 Å². The summed E-state index contributed by atoms with van der Waals surface area (Å²) >= 11 is 0. The molecule has 2 aliphatic heterocycles. The van der Waals surface area contributed by atoms with Gasteiger partial charge in [0, 0.05) is 29.7 Å². The zero-order chi connectivity index (χ0) is 23.3. The van der Waals surface area contributed by atoms with Crippen LogP contribution in [-0.2, 0) is 22.3 Å². The first-order chi connectivity index (χ1) is 15.7. The molecule has 1 unspecified atom stereocenters. The highest BCUT2D eigenvalue weighted by Crippen LogP contribution is 2.33. The first kappa shape index (κ1) is 20.9. The van der Waals surface area contributed by atoms with Gasteiger partial charge in [-0.25, -0.2) is 4.68 Å². The largest absolute Gasteiger partial charge is 0.416 e. The van der Waals surface area contributed by atoms with Gasteiger partial charge in [-0.1, -0.05) is 23.4 Å². The Labute approximate surface area is 185 Å². The van der Waals surface area contributed by atoms with E-state index in [2.05, 4.69) is 15.6 Å². The molecule has 1 atom stereocenters. The summed E-state index contributed by atoms with van der Waals surface area (Å²) < 4.78 is 39.9. The summed E-state index contributed by atoms with van der Waals surface area (Å²) in [5.41, 5.74) is 1.71. The SMILES string of the molecule is O=C1CCC(N2Cc3c(cccc3-n3cc(-c4ccc(C(F)(F)F)cc4)nn3)C2=O)C(=O)N1. The number of carbonyl (C=O) groups excluding carboxylic acids is 3. The molecule has 168 valence electrons. The van der Waals surface area contributed by atoms with E-state index in [1.807, 2.05) is 0 Å². The predicted molar refractivity (Wildman–Crippen MR) is 108 cm³/mol. The van der Waals surface area contributed by atoms with Gasteiger partial charge in [0.1, 0.15) is 11.7 Å². The molecule has 33 heavy (non-hydrogen) atoms. The monoisotopic (exact) mass is 455 g/mol. The molecule has 1 saturated heterocycles. The first-order valence-electron chi connectivity index (χ1n) is 10.1. The quantitative estimate of drug-likeness (QED) is 0.613. The minimum absolute atomic E-state index is 0.156. The lowest BCUT2D eigenvalue weighted by atomic mass is 10.0. The van der Waals surface area contributed by atoms with Crippen molar-refractivity contribution in [1.29, 1.82) is 0 Å². The number of imide groups is 1. The molecule has 11 heteroatoms. The topological polar surface area (TPSA) is 97.2 Å². The van der Waals surface area contributed by atoms with Gasteiger partial charge in [-0.05, 0) is 30.7 Å². The Kier molecular flexibility index (Phi) is 4.76. The fourth-order valence-electron chi connectivity index (χ4n) is 4.13. The second kappa shape index (κ2) is 7.54. The van der Waals surface area contributed by atoms with Crippen molar-refractivity contribution in [3.05, 3.63) is 65.4 Å². The van der Waals surface area contributed by atoms with Gasteiger partial charge in [-0.3, -0.25) is 19.7 Å². The molecule has 0 bridgehead atoms. The van der Waals surface area contributed by atoms with Crippen molar-refractivity contribution in [2.24, 2.45) is 0 Å². The van der Waals surface area contributed by atoms with Crippen LogP contribution in [0, 0.1) is 0 Å². The summed E-state index contributed by atoms with van der Waals surface area (Å²) in [5, 5.41) is 10.4. The van der Waals surface area contributed by atoms with E-state index >= 15 is 0 Å². The van der Waals surface area contributed by atoms with E-state index in [4.69, 9.17) is 0 Å². The normalized spacial score (nSPS) is 18.5. The van der Waals surface area contributed by atoms with Crippen LogP contribution < -0.4 is 5.32 Å². The number of alkyl halides is 3. The highest BCUT2D eigenvalue weighted by atomic mass is 19.4. The predicted octanol–water partition coefficient (Wildman–Crippen LogP) is 2.71. The highest BCUT2D eigenvalue weighted by molar-refractivity contribution is 6.05. The van der Waals surface area contributed by atoms with Gasteiger partial charge in [0.05, 0.1) is 17.4 Å². The summed E-state index contributed by atoms with van der Waals surface area (Å²) in [6, 6.07) is 8.93. The van der Waals surface area contributed by atoms with Crippen molar-refractivity contribution in [2.75, 3.05) is 0 Å². The number of hydrogen-bond donors (Lipinski definition) is 1. The van der Waals surface area contributed by atoms with Crippen LogP contribution >= 0.6 is 0 Å². The van der Waals surface area contributed by atoms with Crippen LogP contribution in [-0.4, -0.2) is 43.7 Å². The molecule has 2 aliphatic rings. The number of nitrogens with zero attached hydrogens (tertiary/aromatic N) is 4. The van der Waals surface area contributed by atoms with E-state index in [1.165, 1.54) is 21.7 Å². The van der Waals surface area contributed by atoms with Gasteiger partial charge < -0.3 is 4.90 Å². The van der Waals surface area contributed by atoms with Crippen LogP contribution in [0.3, 0.4) is 0 Å². The number of piperidine rings is 1. The van der Waals surface area contributed by atoms with Crippen molar-refractivity contribution < 1.29 is 27.6 Å². The molecule has 5 rings (SSSR count). The summed E-state index contributed by atoms with van der Waals surface area (Å²) in [6.45, 7) is 0.159. The number of benzene rings is 2. The van der Waals surface area contributed by atoms with E-state index < -0.39 is 23.7 Å². The van der Waals surface area contributed by atoms with Crippen LogP contribution in [0.25, 0.3) is 16.9 Å². The summed E-state index contributed by atoms with van der Waals surface area (Å²) in [4.78, 5) is 38.1. The van der Waals surface area contributed by atoms with E-state index in [0.717, 1.165) is 12.1 Å². The average Bonchev–Trinajstić information content (AvgIpc) is 3.39. The van der Waals surface area contributed by atoms with Crippen LogP contribution in [0.2, 0.25) is 0 Å². The lowest BCUT2D eigenvalue weighted by Gasteiger charge is -2.29. The zero-order valence-electron chi connectivity index (χ0n) is 17.0. The maximum Gasteiger partial charge on any atom is 0.416 e. The van der Waals surface area contributed by atoms with Crippen molar-refractivity contribution in [3.8, 4) is 16.9 Å². The van der Waals surface area contributed by atoms with E-state index in [1.54, 1.807) is 24.4 Å². The molecule has 0 saturated carbocycles. The maximum absolute atomic E-state index is 13.0. The third-order valence-electron chi connectivity index (χ3n) is 5.81. The van der Waals surface area contributed by atoms with Gasteiger partial charge >= 0.3 is 6.18 Å². The first-order valence-corrected chi connectivity index (χ1v) is 10.1. The number of carbonyl (C=O) groups is 3. The molecule has 3 aromatic rings. The van der Waals surface area contributed by atoms with Gasteiger partial charge in [0.25, 0.3) is 5.91 Å². The van der Waals surface area contributed by atoms with Gasteiger partial charge in [-0.2, -0.15) is 13.2 Å². The summed E-state index contributed by atoms with van der Waals surface area (Å²) in [5.74, 6) is -1.18. The molecule has 1 N–H and O–H groups in total. The van der Waals surface area contributed by atoms with Gasteiger partial charge in [0.2, 0.25) is 11.8 Å². The standard InChI is InChI=1S/C22H16F3N5O3/c23-22(24,25)13-6-4-12(5-7-13)16-11-30(28-27-16)17-3-1-2-14-15(17)10-29(21(14)33)18-8-9-19(31)26-20(18)32/h1-7,11,18H,8-10H2,(H,26,31,32). The number of halogens is 3. The molecule has 8 nitrogen and oxygen atoms in total. The lowest BCUT2D eigenvalue weighted by molar-refractivity contribution is -0.138. The molecule has 3 amide bonds. The van der Waals surface area contributed by atoms with Crippen LogP contribution in [0.5, 0.6) is 0 Å². The molecule has 3 heterocycles. The zero-order valence-corrected chi connectivity index (χ0v) is 17.0. The molecule has 2 aromatic carbocycles. The number of hydrogen-bond acceptors (Lipinski definition) is 5. The minimum atomic E-state index is -4.43. The smallest absolute Gasteiger partial charge is 0.322 e. The van der Waals surface area contributed by atoms with E-state index in [0.29, 0.717) is 28.1 Å². The van der Waals surface area contributed by atoms with Crippen molar-refractivity contribution in [2.45, 2.75) is 31.6 Å². The third kappa shape index (κ3) is 3.65. The van der Waals surface area contributed by atoms with Crippen LogP contribution in [0.1, 0.15) is 34.3 Å². The number of rotatable bonds is 3. The second-order valence-electron chi connectivity index (χ2n) is 7.83. The van der Waals surface area contributed by atoms with Gasteiger partial charge in [0.15, 0.2) is 0 Å². The number of nitrogens with one attached hydrogen (secondary N) is 1. The molecule has 0 aliphatic carbocycles. The molecule has 0 spiro atoms. The molecular weight excluding hydrogens is 439 g/mol. The third-order valence-corrected chi connectivity index (χ3v) is 5.81. The lowest BCUT2D eigenvalue weighted by Crippen LogP contribution is -2.52. The number of aromatic nitrogens is 3. The Morgan fingerprint density at radius 3 is 2.48 bits per heavy atom. The fourth-order valence-corrected chi connectivity index (χ4v) is 4.13. The molecule has 1 aromatic heterocycles. The Morgan fingerprint density at radius 2 is 1.79 bits per heavy atom. The Bertz CT molecular complexity index is 1280. The number of amides is 3. The molecule has 0 radical (unpaired) electrons. The average molecular weight is 455 g/mol.